The van der Waals surface area contributed by atoms with Gasteiger partial charge in [-0.15, -0.1) is 0 Å². The van der Waals surface area contributed by atoms with Gasteiger partial charge >= 0.3 is 0 Å². The predicted molar refractivity (Wildman–Crippen MR) is 78.1 cm³/mol. The van der Waals surface area contributed by atoms with Crippen LogP contribution in [-0.4, -0.2) is 48.8 Å². The smallest absolute Gasteiger partial charge is 0.246 e. The van der Waals surface area contributed by atoms with Crippen molar-refractivity contribution < 1.29 is 9.59 Å². The van der Waals surface area contributed by atoms with Crippen LogP contribution in [0.5, 0.6) is 0 Å². The minimum Gasteiger partial charge on any atom is -0.376 e. The Morgan fingerprint density at radius 1 is 0.900 bits per heavy atom. The fourth-order valence-corrected chi connectivity index (χ4v) is 1.68. The molecule has 0 aliphatic carbocycles. The molecule has 0 spiro atoms. The Morgan fingerprint density at radius 3 is 1.45 bits per heavy atom. The third-order valence-electron chi connectivity index (χ3n) is 2.75. The lowest BCUT2D eigenvalue weighted by Gasteiger charge is -2.17. The molecule has 20 heavy (non-hydrogen) atoms. The Bertz CT molecular complexity index is 457. The largest absolute Gasteiger partial charge is 0.376 e. The van der Waals surface area contributed by atoms with Gasteiger partial charge in [0, 0.05) is 38.3 Å². The number of primary amides is 2. The first-order valence-corrected chi connectivity index (χ1v) is 6.15. The molecule has 2 amide bonds. The predicted octanol–water partition coefficient (Wildman–Crippen LogP) is -0.286. The second-order valence-electron chi connectivity index (χ2n) is 4.63. The maximum atomic E-state index is 10.6. The summed E-state index contributed by atoms with van der Waals surface area (Å²) in [5.74, 6) is -0.674. The first-order chi connectivity index (χ1) is 9.40. The van der Waals surface area contributed by atoms with Crippen LogP contribution in [0.2, 0.25) is 0 Å². The van der Waals surface area contributed by atoms with Crippen molar-refractivity contribution in [2.75, 3.05) is 27.2 Å². The Balaban J connectivity index is 0.000000200. The van der Waals surface area contributed by atoms with E-state index in [1.54, 1.807) is 12.2 Å². The van der Waals surface area contributed by atoms with Crippen LogP contribution >= 0.6 is 0 Å². The van der Waals surface area contributed by atoms with Gasteiger partial charge in [0.2, 0.25) is 11.8 Å². The number of allylic oxidation sites excluding steroid dienone is 4. The zero-order valence-corrected chi connectivity index (χ0v) is 11.7. The van der Waals surface area contributed by atoms with Crippen LogP contribution in [0.3, 0.4) is 0 Å². The van der Waals surface area contributed by atoms with E-state index in [1.807, 2.05) is 48.4 Å². The fourth-order valence-electron chi connectivity index (χ4n) is 1.68. The van der Waals surface area contributed by atoms with Crippen LogP contribution in [0.25, 0.3) is 0 Å². The van der Waals surface area contributed by atoms with Crippen molar-refractivity contribution in [2.24, 2.45) is 11.5 Å². The van der Waals surface area contributed by atoms with E-state index >= 15 is 0 Å². The molecule has 2 aliphatic rings. The summed E-state index contributed by atoms with van der Waals surface area (Å²) in [5, 5.41) is 0. The van der Waals surface area contributed by atoms with Crippen LogP contribution in [0.1, 0.15) is 0 Å². The maximum Gasteiger partial charge on any atom is 0.246 e. The summed E-state index contributed by atoms with van der Waals surface area (Å²) in [7, 11) is 3.79. The molecule has 108 valence electrons. The minimum absolute atomic E-state index is 0.337. The summed E-state index contributed by atoms with van der Waals surface area (Å²) in [5.41, 5.74) is 11.4. The molecule has 0 unspecified atom stereocenters. The van der Waals surface area contributed by atoms with Gasteiger partial charge < -0.3 is 21.3 Å². The molecule has 0 saturated carbocycles. The Kier molecular flexibility index (Phi) is 5.58. The molecule has 6 nitrogen and oxygen atoms in total. The molecule has 0 aromatic heterocycles. The molecular weight excluding hydrogens is 256 g/mol. The van der Waals surface area contributed by atoms with Gasteiger partial charge in [-0.1, -0.05) is 12.2 Å². The molecule has 0 radical (unpaired) electrons. The van der Waals surface area contributed by atoms with Gasteiger partial charge in [-0.2, -0.15) is 0 Å². The first kappa shape index (κ1) is 15.6. The molecule has 0 atom stereocenters. The second kappa shape index (κ2) is 7.18. The van der Waals surface area contributed by atoms with Crippen molar-refractivity contribution in [2.45, 2.75) is 0 Å². The highest BCUT2D eigenvalue weighted by atomic mass is 16.1. The highest BCUT2D eigenvalue weighted by Crippen LogP contribution is 2.04. The number of hydrogen-bond donors (Lipinski definition) is 2. The van der Waals surface area contributed by atoms with Crippen LogP contribution < -0.4 is 11.5 Å². The number of amides is 2. The van der Waals surface area contributed by atoms with Gasteiger partial charge in [0.1, 0.15) is 0 Å². The Hall–Kier alpha value is -2.50. The molecule has 0 fully saturated rings. The highest BCUT2D eigenvalue weighted by molar-refractivity contribution is 5.93. The van der Waals surface area contributed by atoms with Gasteiger partial charge in [0.05, 0.1) is 0 Å². The van der Waals surface area contributed by atoms with Crippen LogP contribution in [0.4, 0.5) is 0 Å². The Labute approximate surface area is 118 Å². The van der Waals surface area contributed by atoms with E-state index < -0.39 is 0 Å². The lowest BCUT2D eigenvalue weighted by atomic mass is 10.2. The quantitative estimate of drug-likeness (QED) is 0.725. The van der Waals surface area contributed by atoms with Crippen LogP contribution in [0.15, 0.2) is 47.9 Å². The van der Waals surface area contributed by atoms with Crippen LogP contribution in [-0.2, 0) is 9.59 Å². The molecule has 0 bridgehead atoms. The van der Waals surface area contributed by atoms with Crippen molar-refractivity contribution in [3.8, 4) is 0 Å². The number of nitrogens with two attached hydrogens (primary N) is 2. The number of rotatable bonds is 2. The van der Waals surface area contributed by atoms with Gasteiger partial charge in [0.15, 0.2) is 0 Å². The molecule has 2 heterocycles. The summed E-state index contributed by atoms with van der Waals surface area (Å²) in [4.78, 5) is 25.0. The zero-order valence-electron chi connectivity index (χ0n) is 11.7. The lowest BCUT2D eigenvalue weighted by Crippen LogP contribution is -2.25. The van der Waals surface area contributed by atoms with Gasteiger partial charge in [0.25, 0.3) is 0 Å². The summed E-state index contributed by atoms with van der Waals surface area (Å²) < 4.78 is 0. The van der Waals surface area contributed by atoms with Gasteiger partial charge in [-0.3, -0.25) is 9.59 Å². The van der Waals surface area contributed by atoms with E-state index in [-0.39, 0.29) is 11.8 Å². The highest BCUT2D eigenvalue weighted by Gasteiger charge is 2.08. The zero-order chi connectivity index (χ0) is 15.1. The van der Waals surface area contributed by atoms with Crippen molar-refractivity contribution in [3.05, 3.63) is 47.9 Å². The molecule has 0 aromatic rings. The number of hydrogen-bond acceptors (Lipinski definition) is 4. The number of nitrogens with zero attached hydrogens (tertiary/aromatic N) is 2. The average molecular weight is 276 g/mol. The third-order valence-corrected chi connectivity index (χ3v) is 2.75. The normalized spacial score (nSPS) is 16.9. The monoisotopic (exact) mass is 276 g/mol. The van der Waals surface area contributed by atoms with E-state index in [9.17, 15) is 9.59 Å². The van der Waals surface area contributed by atoms with Crippen molar-refractivity contribution in [1.82, 2.24) is 9.80 Å². The van der Waals surface area contributed by atoms with E-state index in [1.165, 1.54) is 0 Å². The molecule has 0 saturated heterocycles. The summed E-state index contributed by atoms with van der Waals surface area (Å²) in [6, 6.07) is 0. The standard InChI is InChI=1S/2C7H10N2O/c2*1-9-4-2-3-6(5-9)7(8)10/h2*2-4H,5H2,1H3,(H2,8,10). The third kappa shape index (κ3) is 5.01. The molecule has 2 aliphatic heterocycles. The summed E-state index contributed by atoms with van der Waals surface area (Å²) >= 11 is 0. The molecule has 2 rings (SSSR count). The minimum atomic E-state index is -0.337. The molecule has 0 aromatic carbocycles. The van der Waals surface area contributed by atoms with E-state index in [0.29, 0.717) is 24.2 Å². The molecule has 6 heteroatoms. The lowest BCUT2D eigenvalue weighted by molar-refractivity contribution is -0.115. The Morgan fingerprint density at radius 2 is 1.25 bits per heavy atom. The number of carbonyl (C=O) groups excluding carboxylic acids is 2. The topological polar surface area (TPSA) is 92.7 Å². The van der Waals surface area contributed by atoms with E-state index in [4.69, 9.17) is 11.5 Å². The first-order valence-electron chi connectivity index (χ1n) is 6.15. The fraction of sp³-hybridized carbons (Fsp3) is 0.286. The average Bonchev–Trinajstić information content (AvgIpc) is 2.39. The second-order valence-corrected chi connectivity index (χ2v) is 4.63. The number of carbonyl (C=O) groups is 2. The maximum absolute atomic E-state index is 10.6. The van der Waals surface area contributed by atoms with Crippen molar-refractivity contribution >= 4 is 11.8 Å². The van der Waals surface area contributed by atoms with Gasteiger partial charge in [-0.05, 0) is 24.6 Å². The summed E-state index contributed by atoms with van der Waals surface area (Å²) in [6.07, 6.45) is 10.9. The van der Waals surface area contributed by atoms with Crippen molar-refractivity contribution in [1.29, 1.82) is 0 Å². The molecule has 4 N–H and O–H groups in total. The van der Waals surface area contributed by atoms with E-state index in [0.717, 1.165) is 0 Å². The van der Waals surface area contributed by atoms with Crippen LogP contribution in [0, 0.1) is 0 Å². The SMILES string of the molecule is CN1C=CC=C(C(N)=O)C1.CN1C=CC=C(C(N)=O)C1. The van der Waals surface area contributed by atoms with Crippen molar-refractivity contribution in [3.63, 3.8) is 0 Å². The number of likely N-dealkylation sites (N-methyl/N-ethyl adjacent to an activating group) is 2. The van der Waals surface area contributed by atoms with Gasteiger partial charge in [-0.25, -0.2) is 0 Å². The summed E-state index contributed by atoms with van der Waals surface area (Å²) in [6.45, 7) is 1.23. The molecular formula is C14H20N4O2. The van der Waals surface area contributed by atoms with E-state index in [2.05, 4.69) is 0 Å².